The third-order valence-electron chi connectivity index (χ3n) is 1.39. The van der Waals surface area contributed by atoms with E-state index in [-0.39, 0.29) is 12.4 Å². The van der Waals surface area contributed by atoms with E-state index in [0.717, 1.165) is 5.92 Å². The smallest absolute Gasteiger partial charge is 1.00 e. The van der Waals surface area contributed by atoms with E-state index >= 15 is 0 Å². The molecular weight excluding hydrogens is 173 g/mol. The molecule has 0 fully saturated rings. The monoisotopic (exact) mass is 184 g/mol. The van der Waals surface area contributed by atoms with E-state index in [1.165, 1.54) is 36.2 Å². The second-order valence-corrected chi connectivity index (χ2v) is 3.64. The van der Waals surface area contributed by atoms with Crippen LogP contribution in [0.2, 0.25) is 5.02 Å². The van der Waals surface area contributed by atoms with Gasteiger partial charge >= 0.3 is 55.9 Å². The Balaban J connectivity index is 0. The maximum Gasteiger partial charge on any atom is -1.00 e. The first-order valence-corrected chi connectivity index (χ1v) is 5.20. The molecule has 8 heavy (non-hydrogen) atoms. The fourth-order valence-corrected chi connectivity index (χ4v) is 2.01. The first-order valence-electron chi connectivity index (χ1n) is 3.10. The van der Waals surface area contributed by atoms with Crippen molar-refractivity contribution in [3.05, 3.63) is 0 Å². The van der Waals surface area contributed by atoms with Crippen molar-refractivity contribution in [1.29, 1.82) is 0 Å². The van der Waals surface area contributed by atoms with Crippen LogP contribution >= 0.6 is 0 Å². The van der Waals surface area contributed by atoms with Gasteiger partial charge in [0.15, 0.2) is 0 Å². The quantitative estimate of drug-likeness (QED) is 0.516. The van der Waals surface area contributed by atoms with E-state index < -0.39 is 0 Å². The first kappa shape index (κ1) is 11.7. The van der Waals surface area contributed by atoms with Crippen molar-refractivity contribution in [3.8, 4) is 0 Å². The van der Waals surface area contributed by atoms with Crippen LogP contribution in [0.1, 0.15) is 26.7 Å². The fraction of sp³-hybridized carbons (Fsp3) is 1.00. The predicted octanol–water partition coefficient (Wildman–Crippen LogP) is -0.608. The molecule has 1 unspecified atom stereocenters. The van der Waals surface area contributed by atoms with Crippen LogP contribution in [-0.2, 0) is 18.3 Å². The molecule has 0 aliphatic rings. The number of rotatable bonds is 3. The van der Waals surface area contributed by atoms with Gasteiger partial charge in [-0.3, -0.25) is 0 Å². The zero-order chi connectivity index (χ0) is 5.70. The van der Waals surface area contributed by atoms with Gasteiger partial charge in [-0.1, -0.05) is 0 Å². The minimum atomic E-state index is 0. The molecule has 0 heterocycles. The zero-order valence-corrected chi connectivity index (χ0v) is 9.51. The summed E-state index contributed by atoms with van der Waals surface area (Å²) in [7, 11) is 0. The van der Waals surface area contributed by atoms with Crippen molar-refractivity contribution in [2.45, 2.75) is 31.7 Å². The van der Waals surface area contributed by atoms with Crippen molar-refractivity contribution in [2.24, 2.45) is 5.92 Å². The molecule has 0 nitrogen and oxygen atoms in total. The van der Waals surface area contributed by atoms with E-state index in [2.05, 4.69) is 13.8 Å². The normalized spacial score (nSPS) is 12.5. The number of hydrogen-bond acceptors (Lipinski definition) is 0. The minimum absolute atomic E-state index is 0. The molecule has 0 aromatic carbocycles. The molecule has 0 rings (SSSR count). The van der Waals surface area contributed by atoms with Crippen molar-refractivity contribution in [3.63, 3.8) is 0 Å². The van der Waals surface area contributed by atoms with Crippen LogP contribution in [-0.4, -0.2) is 0 Å². The van der Waals surface area contributed by atoms with Crippen LogP contribution in [0, 0.1) is 5.92 Å². The van der Waals surface area contributed by atoms with Crippen LogP contribution in [0.3, 0.4) is 0 Å². The molecule has 0 aliphatic carbocycles. The molecule has 0 spiro atoms. The summed E-state index contributed by atoms with van der Waals surface area (Å²) in [6.45, 7) is 4.59. The molecule has 0 amide bonds. The molecule has 0 bridgehead atoms. The molecule has 0 saturated carbocycles. The van der Waals surface area contributed by atoms with Gasteiger partial charge in [-0.25, -0.2) is 0 Å². The van der Waals surface area contributed by atoms with E-state index in [1.54, 1.807) is 0 Å². The Labute approximate surface area is 68.5 Å². The van der Waals surface area contributed by atoms with E-state index in [1.807, 2.05) is 0 Å². The zero-order valence-electron chi connectivity index (χ0n) is 5.78. The average molecular weight is 186 g/mol. The topological polar surface area (TPSA) is 0 Å². The third kappa shape index (κ3) is 6.91. The molecule has 0 aromatic heterocycles. The first-order chi connectivity index (χ1) is 3.31. The molecule has 0 aliphatic heterocycles. The van der Waals surface area contributed by atoms with Crippen molar-refractivity contribution in [2.75, 3.05) is 0 Å². The van der Waals surface area contributed by atoms with Crippen LogP contribution in [0.4, 0.5) is 0 Å². The Morgan fingerprint density at radius 3 is 2.12 bits per heavy atom. The van der Waals surface area contributed by atoms with Gasteiger partial charge in [0.05, 0.1) is 0 Å². The molecule has 0 aromatic rings. The molecule has 46 valence electrons. The summed E-state index contributed by atoms with van der Waals surface area (Å²) in [5.74, 6) is 0.980. The van der Waals surface area contributed by atoms with E-state index in [4.69, 9.17) is 0 Å². The summed E-state index contributed by atoms with van der Waals surface area (Å²) in [5, 5.41) is 1.47. The maximum atomic E-state index is 2.33. The molecule has 1 atom stereocenters. The Morgan fingerprint density at radius 1 is 1.50 bits per heavy atom. The van der Waals surface area contributed by atoms with Gasteiger partial charge in [-0.2, -0.15) is 0 Å². The van der Waals surface area contributed by atoms with Crippen LogP contribution in [0.5, 0.6) is 0 Å². The summed E-state index contributed by atoms with van der Waals surface area (Å²) in [6, 6.07) is 0. The molecule has 0 radical (unpaired) electrons. The third-order valence-corrected chi connectivity index (χ3v) is 2.25. The Hall–Kier alpha value is 0.913. The summed E-state index contributed by atoms with van der Waals surface area (Å²) in [6.07, 6.45) is 2.82. The van der Waals surface area contributed by atoms with Crippen LogP contribution in [0.25, 0.3) is 0 Å². The average Bonchev–Trinajstić information content (AvgIpc) is 1.68. The molecule has 0 N–H and O–H groups in total. The second-order valence-electron chi connectivity index (χ2n) is 2.16. The van der Waals surface area contributed by atoms with Gasteiger partial charge in [0, 0.05) is 0 Å². The van der Waals surface area contributed by atoms with E-state index in [9.17, 15) is 0 Å². The van der Waals surface area contributed by atoms with Gasteiger partial charge in [-0.15, -0.1) is 0 Å². The summed E-state index contributed by atoms with van der Waals surface area (Å²) >= 11 is 1.48. The van der Waals surface area contributed by atoms with Gasteiger partial charge in [-0.05, 0) is 0 Å². The fourth-order valence-electron chi connectivity index (χ4n) is 0.553. The summed E-state index contributed by atoms with van der Waals surface area (Å²) < 4.78 is 0. The van der Waals surface area contributed by atoms with Gasteiger partial charge in [0.1, 0.15) is 0 Å². The predicted molar refractivity (Wildman–Crippen MR) is 28.9 cm³/mol. The molecular formula is C6H13ClZn. The maximum absolute atomic E-state index is 2.33. The van der Waals surface area contributed by atoms with Gasteiger partial charge < -0.3 is 12.4 Å². The summed E-state index contributed by atoms with van der Waals surface area (Å²) in [4.78, 5) is 0. The van der Waals surface area contributed by atoms with Gasteiger partial charge in [0.2, 0.25) is 0 Å². The largest absolute Gasteiger partial charge is 1.00 e. The number of hydrogen-bond donors (Lipinski definition) is 0. The Kier molecular flexibility index (Phi) is 11.6. The molecule has 0 saturated heterocycles. The molecule has 2 heteroatoms. The SMILES string of the molecule is CCC(C)C[CH2][Zn+].[Cl-]. The van der Waals surface area contributed by atoms with Crippen LogP contribution in [0.15, 0.2) is 0 Å². The van der Waals surface area contributed by atoms with Crippen molar-refractivity contribution >= 4 is 0 Å². The summed E-state index contributed by atoms with van der Waals surface area (Å²) in [5.41, 5.74) is 0. The van der Waals surface area contributed by atoms with E-state index in [0.29, 0.717) is 0 Å². The Bertz CT molecular complexity index is 39.5. The second kappa shape index (κ2) is 7.91. The van der Waals surface area contributed by atoms with Crippen LogP contribution < -0.4 is 12.4 Å². The number of halogens is 1. The van der Waals surface area contributed by atoms with Crippen molar-refractivity contribution in [1.82, 2.24) is 0 Å². The minimum Gasteiger partial charge on any atom is -1.00 e. The standard InChI is InChI=1S/C6H13.ClH.Zn/c1-4-6(3)5-2;;/h6H,1,4-5H2,2-3H3;1H;/q;;+1/p-1. The Morgan fingerprint density at radius 2 is 2.00 bits per heavy atom. The van der Waals surface area contributed by atoms with Gasteiger partial charge in [0.25, 0.3) is 0 Å². The van der Waals surface area contributed by atoms with Crippen molar-refractivity contribution < 1.29 is 30.7 Å².